The second-order valence-electron chi connectivity index (χ2n) is 3.92. The monoisotopic (exact) mass is 221 g/mol. The van der Waals surface area contributed by atoms with Crippen LogP contribution in [-0.4, -0.2) is 25.0 Å². The number of nitrogens with one attached hydrogen (secondary N) is 1. The molecule has 16 heavy (non-hydrogen) atoms. The first-order chi connectivity index (χ1) is 7.76. The highest BCUT2D eigenvalue weighted by Gasteiger charge is 2.21. The Hall–Kier alpha value is -1.55. The Balaban J connectivity index is 2.42. The van der Waals surface area contributed by atoms with E-state index in [-0.39, 0.29) is 11.8 Å². The molecule has 2 N–H and O–H groups in total. The van der Waals surface area contributed by atoms with E-state index in [2.05, 4.69) is 5.32 Å². The van der Waals surface area contributed by atoms with E-state index < -0.39 is 0 Å². The van der Waals surface area contributed by atoms with Crippen LogP contribution >= 0.6 is 0 Å². The van der Waals surface area contributed by atoms with E-state index in [1.807, 2.05) is 0 Å². The van der Waals surface area contributed by atoms with Gasteiger partial charge in [0, 0.05) is 11.6 Å². The smallest absolute Gasteiger partial charge is 0.161 e. The molecular formula is C12H15NO3. The number of phenolic OH excluding ortho intramolecular Hbond substituents is 1. The normalized spacial score (nSPS) is 19.7. The van der Waals surface area contributed by atoms with Gasteiger partial charge in [-0.1, -0.05) is 0 Å². The Morgan fingerprint density at radius 3 is 2.94 bits per heavy atom. The van der Waals surface area contributed by atoms with Crippen molar-refractivity contribution in [2.75, 3.05) is 13.7 Å². The zero-order chi connectivity index (χ0) is 11.5. The van der Waals surface area contributed by atoms with E-state index in [0.29, 0.717) is 11.3 Å². The van der Waals surface area contributed by atoms with Gasteiger partial charge in [0.1, 0.15) is 0 Å². The van der Waals surface area contributed by atoms with Crippen LogP contribution in [0.5, 0.6) is 11.5 Å². The summed E-state index contributed by atoms with van der Waals surface area (Å²) in [7, 11) is 1.47. The lowest BCUT2D eigenvalue weighted by Gasteiger charge is -2.15. The first kappa shape index (κ1) is 11.0. The number of hydrogen-bond donors (Lipinski definition) is 2. The maximum atomic E-state index is 11.0. The van der Waals surface area contributed by atoms with Crippen LogP contribution in [0.3, 0.4) is 0 Å². The Morgan fingerprint density at radius 1 is 1.56 bits per heavy atom. The number of methoxy groups -OCH3 is 1. The lowest BCUT2D eigenvalue weighted by Crippen LogP contribution is -2.14. The summed E-state index contributed by atoms with van der Waals surface area (Å²) >= 11 is 0. The number of rotatable bonds is 3. The van der Waals surface area contributed by atoms with Crippen molar-refractivity contribution < 1.29 is 14.6 Å². The Kier molecular flexibility index (Phi) is 3.10. The van der Waals surface area contributed by atoms with Crippen molar-refractivity contribution >= 4 is 6.29 Å². The summed E-state index contributed by atoms with van der Waals surface area (Å²) < 4.78 is 4.98. The second-order valence-corrected chi connectivity index (χ2v) is 3.92. The molecule has 4 heteroatoms. The van der Waals surface area contributed by atoms with Gasteiger partial charge in [0.2, 0.25) is 0 Å². The molecule has 0 aromatic heterocycles. The van der Waals surface area contributed by atoms with Crippen LogP contribution < -0.4 is 10.1 Å². The van der Waals surface area contributed by atoms with E-state index in [1.165, 1.54) is 7.11 Å². The third-order valence-corrected chi connectivity index (χ3v) is 2.95. The number of carbonyl (C=O) groups is 1. The molecule has 0 radical (unpaired) electrons. The third kappa shape index (κ3) is 1.88. The number of aromatic hydroxyl groups is 1. The van der Waals surface area contributed by atoms with Gasteiger partial charge in [0.15, 0.2) is 17.8 Å². The average molecular weight is 221 g/mol. The molecule has 4 nitrogen and oxygen atoms in total. The van der Waals surface area contributed by atoms with Gasteiger partial charge in [-0.15, -0.1) is 0 Å². The first-order valence-electron chi connectivity index (χ1n) is 5.35. The minimum Gasteiger partial charge on any atom is -0.504 e. The Labute approximate surface area is 94.2 Å². The minimum atomic E-state index is 0.0804. The van der Waals surface area contributed by atoms with Crippen LogP contribution in [0.2, 0.25) is 0 Å². The summed E-state index contributed by atoms with van der Waals surface area (Å²) in [6.45, 7) is 0.954. The standard InChI is InChI=1S/C12H15NO3/c1-16-12-5-8(7-14)9(6-11(12)15)10-3-2-4-13-10/h5-7,10,13,15H,2-4H2,1H3. The summed E-state index contributed by atoms with van der Waals surface area (Å²) in [6.07, 6.45) is 2.89. The van der Waals surface area contributed by atoms with E-state index in [1.54, 1.807) is 12.1 Å². The van der Waals surface area contributed by atoms with Crippen LogP contribution in [0.25, 0.3) is 0 Å². The molecule has 0 saturated carbocycles. The highest BCUT2D eigenvalue weighted by atomic mass is 16.5. The number of carbonyl (C=O) groups excluding carboxylic acids is 1. The SMILES string of the molecule is COc1cc(C=O)c(C2CCCN2)cc1O. The molecule has 1 aliphatic rings. The van der Waals surface area contributed by atoms with Crippen molar-refractivity contribution in [2.45, 2.75) is 18.9 Å². The highest BCUT2D eigenvalue weighted by molar-refractivity contribution is 5.79. The largest absolute Gasteiger partial charge is 0.504 e. The zero-order valence-electron chi connectivity index (χ0n) is 9.19. The fourth-order valence-corrected chi connectivity index (χ4v) is 2.12. The van der Waals surface area contributed by atoms with E-state index >= 15 is 0 Å². The van der Waals surface area contributed by atoms with Gasteiger partial charge in [-0.3, -0.25) is 4.79 Å². The Morgan fingerprint density at radius 2 is 2.38 bits per heavy atom. The average Bonchev–Trinajstić information content (AvgIpc) is 2.82. The van der Waals surface area contributed by atoms with Crippen molar-refractivity contribution in [3.05, 3.63) is 23.3 Å². The van der Waals surface area contributed by atoms with Gasteiger partial charge in [0.25, 0.3) is 0 Å². The van der Waals surface area contributed by atoms with E-state index in [4.69, 9.17) is 4.74 Å². The molecule has 2 rings (SSSR count). The third-order valence-electron chi connectivity index (χ3n) is 2.95. The molecule has 0 aliphatic carbocycles. The van der Waals surface area contributed by atoms with Gasteiger partial charge >= 0.3 is 0 Å². The van der Waals surface area contributed by atoms with Crippen LogP contribution in [0.1, 0.15) is 34.8 Å². The van der Waals surface area contributed by atoms with Crippen LogP contribution in [0.4, 0.5) is 0 Å². The molecule has 1 saturated heterocycles. The summed E-state index contributed by atoms with van der Waals surface area (Å²) in [5.74, 6) is 0.417. The van der Waals surface area contributed by atoms with Crippen molar-refractivity contribution in [1.82, 2.24) is 5.32 Å². The molecule has 1 fully saturated rings. The lowest BCUT2D eigenvalue weighted by atomic mass is 9.99. The quantitative estimate of drug-likeness (QED) is 0.762. The molecule has 1 aliphatic heterocycles. The van der Waals surface area contributed by atoms with Crippen LogP contribution in [-0.2, 0) is 0 Å². The lowest BCUT2D eigenvalue weighted by molar-refractivity contribution is 0.112. The van der Waals surface area contributed by atoms with E-state index in [9.17, 15) is 9.90 Å². The Bertz CT molecular complexity index is 397. The fraction of sp³-hybridized carbons (Fsp3) is 0.417. The topological polar surface area (TPSA) is 58.6 Å². The minimum absolute atomic E-state index is 0.0804. The maximum Gasteiger partial charge on any atom is 0.161 e. The van der Waals surface area contributed by atoms with Gasteiger partial charge < -0.3 is 15.2 Å². The molecule has 0 spiro atoms. The van der Waals surface area contributed by atoms with Crippen LogP contribution in [0, 0.1) is 0 Å². The molecule has 0 bridgehead atoms. The molecule has 1 unspecified atom stereocenters. The zero-order valence-corrected chi connectivity index (χ0v) is 9.19. The van der Waals surface area contributed by atoms with Crippen molar-refractivity contribution in [2.24, 2.45) is 0 Å². The summed E-state index contributed by atoms with van der Waals surface area (Å²) in [4.78, 5) is 11.0. The van der Waals surface area contributed by atoms with Crippen molar-refractivity contribution in [3.63, 3.8) is 0 Å². The van der Waals surface area contributed by atoms with Crippen molar-refractivity contribution in [1.29, 1.82) is 0 Å². The van der Waals surface area contributed by atoms with E-state index in [0.717, 1.165) is 31.2 Å². The molecule has 86 valence electrons. The first-order valence-corrected chi connectivity index (χ1v) is 5.35. The number of hydrogen-bond acceptors (Lipinski definition) is 4. The van der Waals surface area contributed by atoms with Crippen LogP contribution in [0.15, 0.2) is 12.1 Å². The summed E-state index contributed by atoms with van der Waals surface area (Å²) in [5, 5.41) is 13.0. The maximum absolute atomic E-state index is 11.0. The summed E-state index contributed by atoms with van der Waals surface area (Å²) in [5.41, 5.74) is 1.43. The number of phenols is 1. The molecular weight excluding hydrogens is 206 g/mol. The van der Waals surface area contributed by atoms with Gasteiger partial charge in [-0.05, 0) is 37.1 Å². The number of ether oxygens (including phenoxy) is 1. The predicted molar refractivity (Wildman–Crippen MR) is 60.0 cm³/mol. The summed E-state index contributed by atoms with van der Waals surface area (Å²) in [6, 6.07) is 3.36. The molecule has 1 atom stereocenters. The number of benzene rings is 1. The second kappa shape index (κ2) is 4.53. The predicted octanol–water partition coefficient (Wildman–Crippen LogP) is 1.64. The van der Waals surface area contributed by atoms with Gasteiger partial charge in [0.05, 0.1) is 7.11 Å². The van der Waals surface area contributed by atoms with Gasteiger partial charge in [-0.2, -0.15) is 0 Å². The fourth-order valence-electron chi connectivity index (χ4n) is 2.12. The molecule has 1 aromatic rings. The number of aldehydes is 1. The molecule has 0 amide bonds. The van der Waals surface area contributed by atoms with Gasteiger partial charge in [-0.25, -0.2) is 0 Å². The van der Waals surface area contributed by atoms with Crippen molar-refractivity contribution in [3.8, 4) is 11.5 Å². The molecule has 1 aromatic carbocycles. The molecule has 1 heterocycles. The highest BCUT2D eigenvalue weighted by Crippen LogP contribution is 2.34.